The number of allylic oxidation sites excluding steroid dienone is 4. The van der Waals surface area contributed by atoms with E-state index in [2.05, 4.69) is 0 Å². The van der Waals surface area contributed by atoms with Crippen LogP contribution in [0, 0.1) is 11.3 Å². The lowest BCUT2D eigenvalue weighted by Gasteiger charge is -2.53. The van der Waals surface area contributed by atoms with Crippen molar-refractivity contribution in [3.63, 3.8) is 0 Å². The molecular weight excluding hydrogens is 913 g/mol. The molecule has 4 fully saturated rings. The number of aliphatic hydroxyl groups is 13. The molecule has 0 aromatic heterocycles. The summed E-state index contributed by atoms with van der Waals surface area (Å²) in [4.78, 5) is 24.7. The number of ether oxygens (including phenoxy) is 6. The van der Waals surface area contributed by atoms with Gasteiger partial charge in [-0.2, -0.15) is 0 Å². The van der Waals surface area contributed by atoms with Crippen LogP contribution >= 0.6 is 0 Å². The van der Waals surface area contributed by atoms with E-state index in [1.807, 2.05) is 26.0 Å². The van der Waals surface area contributed by atoms with Crippen LogP contribution in [0.15, 0.2) is 34.4 Å². The van der Waals surface area contributed by atoms with E-state index in [4.69, 9.17) is 28.4 Å². The Hall–Kier alpha value is -2.20. The molecule has 0 radical (unpaired) electrons. The number of carbonyl (C=O) groups excluding carboxylic acids is 2. The fourth-order valence-electron chi connectivity index (χ4n) is 9.60. The second kappa shape index (κ2) is 25.6. The molecule has 21 nitrogen and oxygen atoms in total. The average molecular weight is 993 g/mol. The van der Waals surface area contributed by atoms with Gasteiger partial charge in [-0.15, -0.1) is 0 Å². The third-order valence-electron chi connectivity index (χ3n) is 14.7. The molecule has 0 amide bonds. The van der Waals surface area contributed by atoms with Gasteiger partial charge in [-0.1, -0.05) is 30.2 Å². The van der Waals surface area contributed by atoms with Crippen molar-refractivity contribution in [1.29, 1.82) is 0 Å². The van der Waals surface area contributed by atoms with E-state index in [1.165, 1.54) is 13.8 Å². The zero-order chi connectivity index (χ0) is 51.8. The first-order valence-electron chi connectivity index (χ1n) is 23.9. The number of hydrogen-bond acceptors (Lipinski definition) is 21. The van der Waals surface area contributed by atoms with E-state index in [1.54, 1.807) is 20.8 Å². The normalized spacial score (nSPS) is 40.6. The maximum atomic E-state index is 12.4. The van der Waals surface area contributed by atoms with Crippen LogP contribution in [0.5, 0.6) is 0 Å². The maximum Gasteiger partial charge on any atom is 0.187 e. The van der Waals surface area contributed by atoms with Gasteiger partial charge in [0.2, 0.25) is 0 Å². The Labute approximate surface area is 403 Å². The summed E-state index contributed by atoms with van der Waals surface area (Å²) in [6.07, 6.45) is -16.6. The Bertz CT molecular complexity index is 1740. The average Bonchev–Trinajstić information content (AvgIpc) is 3.30. The van der Waals surface area contributed by atoms with Gasteiger partial charge in [-0.3, -0.25) is 9.59 Å². The van der Waals surface area contributed by atoms with Crippen molar-refractivity contribution >= 4 is 12.1 Å². The number of ketones is 1. The second-order valence-electron chi connectivity index (χ2n) is 20.2. The van der Waals surface area contributed by atoms with Crippen molar-refractivity contribution in [2.24, 2.45) is 11.3 Å². The Morgan fingerprint density at radius 1 is 0.754 bits per heavy atom. The van der Waals surface area contributed by atoms with Crippen molar-refractivity contribution in [2.75, 3.05) is 26.4 Å². The number of hydrogen-bond donors (Lipinski definition) is 13. The van der Waals surface area contributed by atoms with Gasteiger partial charge < -0.3 is 94.8 Å². The SMILES string of the molecule is C/C(=C\CC(O[C@@H]1O[C@H](CO)[C@@H](O)[C@H](O)[C@H]1O)/C(C)=C/CC[C@@]1(C)[C@H](CCCO[C@@H]2O[C@H](CO[C@@H]3O[C@H](CO)[C@@H](O)[C@H](O)[C@H]3O)[C@@H](O)[C@H](O)[C@H]2O)/C(=C(\C)C=O)CC[C@]1(C)O)CCC(=O)C(C)(C)O. The summed E-state index contributed by atoms with van der Waals surface area (Å²) in [7, 11) is 0. The van der Waals surface area contributed by atoms with Gasteiger partial charge >= 0.3 is 0 Å². The molecule has 3 aliphatic heterocycles. The summed E-state index contributed by atoms with van der Waals surface area (Å²) < 4.78 is 34.5. The highest BCUT2D eigenvalue weighted by molar-refractivity contribution is 5.86. The first-order chi connectivity index (χ1) is 32.2. The van der Waals surface area contributed by atoms with Crippen molar-refractivity contribution in [2.45, 2.75) is 216 Å². The van der Waals surface area contributed by atoms with Crippen LogP contribution < -0.4 is 0 Å². The zero-order valence-electron chi connectivity index (χ0n) is 40.8. The third-order valence-corrected chi connectivity index (χ3v) is 14.7. The molecular formula is C48H80O21. The maximum absolute atomic E-state index is 12.4. The van der Waals surface area contributed by atoms with Crippen LogP contribution in [0.3, 0.4) is 0 Å². The molecule has 0 spiro atoms. The molecule has 1 aliphatic carbocycles. The Morgan fingerprint density at radius 2 is 1.28 bits per heavy atom. The van der Waals surface area contributed by atoms with E-state index in [9.17, 15) is 76.0 Å². The van der Waals surface area contributed by atoms with Gasteiger partial charge in [0.25, 0.3) is 0 Å². The molecule has 21 heteroatoms. The summed E-state index contributed by atoms with van der Waals surface area (Å²) in [5.41, 5.74) is -0.653. The molecule has 4 rings (SSSR count). The van der Waals surface area contributed by atoms with Gasteiger partial charge in [0.05, 0.1) is 31.5 Å². The Kier molecular flexibility index (Phi) is 22.1. The van der Waals surface area contributed by atoms with Crippen LogP contribution in [0.4, 0.5) is 0 Å². The van der Waals surface area contributed by atoms with Crippen LogP contribution in [0.1, 0.15) is 106 Å². The Balaban J connectivity index is 1.49. The first kappa shape index (κ1) is 59.4. The quantitative estimate of drug-likeness (QED) is 0.0239. The molecule has 13 N–H and O–H groups in total. The Morgan fingerprint density at radius 3 is 1.83 bits per heavy atom. The minimum atomic E-state index is -1.75. The number of aldehydes is 1. The minimum Gasteiger partial charge on any atom is -0.394 e. The standard InChI is InChI=1S/C48H80O21/c1-24(13-15-33(52)46(4,5)62)12-14-29(66-45-42(61)38(57)35(54)31(22-51)68-45)25(2)10-8-17-47(6)28(27(26(3)20-49)16-18-48(47,7)63)11-9-19-64-43-40(59)39(58)36(55)32(69-43)23-65-44-41(60)37(56)34(53)30(21-50)67-44/h10,12,20,28-32,34-45,50-51,53-63H,8-9,11,13-19,21-23H2,1-7H3/b24-12+,25-10+,27-26+/t28-,29?,30-,31-,32-,34-,35-,36-,37+,38+,39+,40-,41-,42-,43-,44-,45-,47+,48+/m1/s1. The fourth-order valence-corrected chi connectivity index (χ4v) is 9.60. The molecule has 3 heterocycles. The lowest BCUT2D eigenvalue weighted by Crippen LogP contribution is -2.61. The van der Waals surface area contributed by atoms with Gasteiger partial charge in [-0.25, -0.2) is 0 Å². The summed E-state index contributed by atoms with van der Waals surface area (Å²) in [5, 5.41) is 136. The molecule has 398 valence electrons. The van der Waals surface area contributed by atoms with E-state index in [0.717, 1.165) is 17.4 Å². The van der Waals surface area contributed by atoms with Gasteiger partial charge in [0.15, 0.2) is 24.7 Å². The topological polar surface area (TPSA) is 353 Å². The molecule has 19 atom stereocenters. The van der Waals surface area contributed by atoms with Crippen molar-refractivity contribution in [3.05, 3.63) is 34.4 Å². The highest BCUT2D eigenvalue weighted by Gasteiger charge is 2.53. The van der Waals surface area contributed by atoms with Crippen molar-refractivity contribution < 1.29 is 104 Å². The van der Waals surface area contributed by atoms with E-state index >= 15 is 0 Å². The molecule has 1 unspecified atom stereocenters. The number of carbonyl (C=O) groups is 2. The number of rotatable bonds is 23. The lowest BCUT2D eigenvalue weighted by molar-refractivity contribution is -0.331. The number of aliphatic hydroxyl groups excluding tert-OH is 11. The molecule has 69 heavy (non-hydrogen) atoms. The number of Topliss-reactive ketones (excluding diaryl/α,β-unsaturated/α-hetero) is 1. The molecule has 0 aromatic carbocycles. The smallest absolute Gasteiger partial charge is 0.187 e. The van der Waals surface area contributed by atoms with Gasteiger partial charge in [-0.05, 0) is 110 Å². The van der Waals surface area contributed by atoms with Crippen molar-refractivity contribution in [1.82, 2.24) is 0 Å². The largest absolute Gasteiger partial charge is 0.394 e. The third kappa shape index (κ3) is 14.5. The first-order valence-corrected chi connectivity index (χ1v) is 23.9. The van der Waals surface area contributed by atoms with Crippen molar-refractivity contribution in [3.8, 4) is 0 Å². The van der Waals surface area contributed by atoms with Crippen LogP contribution in [-0.4, -0.2) is 214 Å². The molecule has 0 aromatic rings. The van der Waals surface area contributed by atoms with Crippen LogP contribution in [0.2, 0.25) is 0 Å². The zero-order valence-corrected chi connectivity index (χ0v) is 40.8. The summed E-state index contributed by atoms with van der Waals surface area (Å²) in [6.45, 7) is 9.99. The molecule has 1 saturated carbocycles. The summed E-state index contributed by atoms with van der Waals surface area (Å²) >= 11 is 0. The monoisotopic (exact) mass is 993 g/mol. The predicted octanol–water partition coefficient (Wildman–Crippen LogP) is -1.54. The van der Waals surface area contributed by atoms with Gasteiger partial charge in [0.1, 0.15) is 85.1 Å². The lowest BCUT2D eigenvalue weighted by atomic mass is 9.54. The van der Waals surface area contributed by atoms with Gasteiger partial charge in [0, 0.05) is 18.4 Å². The molecule has 3 saturated heterocycles. The second-order valence-corrected chi connectivity index (χ2v) is 20.2. The van der Waals surface area contributed by atoms with E-state index in [0.29, 0.717) is 56.1 Å². The predicted molar refractivity (Wildman–Crippen MR) is 242 cm³/mol. The highest BCUT2D eigenvalue weighted by Crippen LogP contribution is 2.55. The molecule has 4 aliphatic rings. The summed E-state index contributed by atoms with van der Waals surface area (Å²) in [5.74, 6) is -0.682. The van der Waals surface area contributed by atoms with E-state index in [-0.39, 0.29) is 31.1 Å². The fraction of sp³-hybridized carbons (Fsp3) is 0.833. The van der Waals surface area contributed by atoms with Crippen LogP contribution in [-0.2, 0) is 38.0 Å². The minimum absolute atomic E-state index is 0.0399. The van der Waals surface area contributed by atoms with E-state index < -0.39 is 135 Å². The highest BCUT2D eigenvalue weighted by atomic mass is 16.7. The summed E-state index contributed by atoms with van der Waals surface area (Å²) in [6, 6.07) is 0. The van der Waals surface area contributed by atoms with Crippen LogP contribution in [0.25, 0.3) is 0 Å². The molecule has 0 bridgehead atoms.